The summed E-state index contributed by atoms with van der Waals surface area (Å²) in [5.41, 5.74) is 6.87. The molecule has 2 N–H and O–H groups in total. The molecule has 1 saturated carbocycles. The van der Waals surface area contributed by atoms with Gasteiger partial charge in [0.25, 0.3) is 0 Å². The minimum Gasteiger partial charge on any atom is -0.440 e. The summed E-state index contributed by atoms with van der Waals surface area (Å²) in [5.74, 6) is 0.641. The zero-order valence-corrected chi connectivity index (χ0v) is 11.5. The van der Waals surface area contributed by atoms with Crippen molar-refractivity contribution >= 4 is 20.9 Å². The summed E-state index contributed by atoms with van der Waals surface area (Å²) in [6, 6.07) is 4.76. The van der Waals surface area contributed by atoms with Crippen LogP contribution in [0.15, 0.2) is 27.5 Å². The van der Waals surface area contributed by atoms with Gasteiger partial charge in [0, 0.05) is 12.8 Å². The number of nitrogens with zero attached hydrogens (tertiary/aromatic N) is 1. The van der Waals surface area contributed by atoms with Crippen molar-refractivity contribution in [2.45, 2.75) is 29.6 Å². The number of benzene rings is 1. The number of rotatable bonds is 3. The van der Waals surface area contributed by atoms with Gasteiger partial charge >= 0.3 is 0 Å². The van der Waals surface area contributed by atoms with E-state index in [1.54, 1.807) is 18.2 Å². The molecule has 0 bridgehead atoms. The van der Waals surface area contributed by atoms with Gasteiger partial charge in [0.05, 0.1) is 10.3 Å². The smallest absolute Gasteiger partial charge is 0.202 e. The molecule has 0 saturated heterocycles. The number of nitrogens with two attached hydrogens (primary N) is 1. The molecule has 0 amide bonds. The van der Waals surface area contributed by atoms with Gasteiger partial charge in [-0.3, -0.25) is 0 Å². The maximum atomic E-state index is 11.5. The highest BCUT2D eigenvalue weighted by molar-refractivity contribution is 7.90. The molecule has 1 aliphatic carbocycles. The van der Waals surface area contributed by atoms with Gasteiger partial charge in [0.1, 0.15) is 5.52 Å². The van der Waals surface area contributed by atoms with Crippen molar-refractivity contribution in [2.75, 3.05) is 12.8 Å². The van der Waals surface area contributed by atoms with Gasteiger partial charge in [-0.2, -0.15) is 0 Å². The maximum Gasteiger partial charge on any atom is 0.202 e. The van der Waals surface area contributed by atoms with Crippen molar-refractivity contribution < 1.29 is 12.8 Å². The quantitative estimate of drug-likeness (QED) is 0.923. The zero-order valence-electron chi connectivity index (χ0n) is 10.7. The Labute approximate surface area is 111 Å². The molecule has 1 fully saturated rings. The van der Waals surface area contributed by atoms with E-state index in [1.807, 2.05) is 0 Å². The summed E-state index contributed by atoms with van der Waals surface area (Å²) < 4.78 is 28.8. The van der Waals surface area contributed by atoms with Gasteiger partial charge in [-0.05, 0) is 31.0 Å². The van der Waals surface area contributed by atoms with Crippen molar-refractivity contribution in [2.24, 2.45) is 5.73 Å². The predicted molar refractivity (Wildman–Crippen MR) is 71.7 cm³/mol. The number of oxazole rings is 1. The van der Waals surface area contributed by atoms with Gasteiger partial charge in [-0.1, -0.05) is 6.42 Å². The second-order valence-electron chi connectivity index (χ2n) is 5.26. The van der Waals surface area contributed by atoms with Gasteiger partial charge in [-0.25, -0.2) is 13.4 Å². The average Bonchev–Trinajstić information content (AvgIpc) is 2.69. The van der Waals surface area contributed by atoms with Crippen LogP contribution in [0.3, 0.4) is 0 Å². The molecule has 102 valence electrons. The first-order valence-corrected chi connectivity index (χ1v) is 8.15. The van der Waals surface area contributed by atoms with Crippen molar-refractivity contribution in [1.29, 1.82) is 0 Å². The van der Waals surface area contributed by atoms with E-state index in [9.17, 15) is 8.42 Å². The van der Waals surface area contributed by atoms with Crippen molar-refractivity contribution in [3.63, 3.8) is 0 Å². The first-order valence-electron chi connectivity index (χ1n) is 6.26. The third-order valence-electron chi connectivity index (χ3n) is 3.94. The summed E-state index contributed by atoms with van der Waals surface area (Å²) in [6.07, 6.45) is 4.28. The number of hydrogen-bond donors (Lipinski definition) is 1. The monoisotopic (exact) mass is 280 g/mol. The maximum absolute atomic E-state index is 11.5. The Kier molecular flexibility index (Phi) is 2.69. The zero-order chi connectivity index (χ0) is 13.7. The molecule has 0 aliphatic heterocycles. The minimum atomic E-state index is -3.22. The molecular weight excluding hydrogens is 264 g/mol. The molecule has 1 aliphatic rings. The van der Waals surface area contributed by atoms with Crippen molar-refractivity contribution in [3.05, 3.63) is 24.1 Å². The van der Waals surface area contributed by atoms with Crippen LogP contribution in [0, 0.1) is 0 Å². The molecule has 2 aromatic rings. The van der Waals surface area contributed by atoms with Gasteiger partial charge in [-0.15, -0.1) is 0 Å². The lowest BCUT2D eigenvalue weighted by molar-refractivity contribution is 0.203. The lowest BCUT2D eigenvalue weighted by Crippen LogP contribution is -2.41. The fourth-order valence-corrected chi connectivity index (χ4v) is 3.11. The van der Waals surface area contributed by atoms with E-state index < -0.39 is 9.84 Å². The number of hydrogen-bond acceptors (Lipinski definition) is 5. The van der Waals surface area contributed by atoms with E-state index in [4.69, 9.17) is 10.2 Å². The first kappa shape index (κ1) is 12.6. The third kappa shape index (κ3) is 1.95. The first-order chi connectivity index (χ1) is 8.94. The molecule has 0 spiro atoms. The standard InChI is InChI=1S/C13H16N2O3S/c1-19(16,17)9-3-4-11-10(7-9)15-12(18-11)13(8-14)5-2-6-13/h3-4,7H,2,5-6,8,14H2,1H3. The summed E-state index contributed by atoms with van der Waals surface area (Å²) in [5, 5.41) is 0. The highest BCUT2D eigenvalue weighted by Gasteiger charge is 2.41. The normalized spacial score (nSPS) is 18.4. The fourth-order valence-electron chi connectivity index (χ4n) is 2.47. The third-order valence-corrected chi connectivity index (χ3v) is 5.05. The second kappa shape index (κ2) is 4.05. The van der Waals surface area contributed by atoms with Crippen LogP contribution < -0.4 is 5.73 Å². The van der Waals surface area contributed by atoms with Crippen LogP contribution in [-0.2, 0) is 15.3 Å². The summed E-state index contributed by atoms with van der Waals surface area (Å²) in [7, 11) is -3.22. The Hall–Kier alpha value is -1.40. The molecule has 3 rings (SSSR count). The van der Waals surface area contributed by atoms with Crippen molar-refractivity contribution in [1.82, 2.24) is 4.98 Å². The lowest BCUT2D eigenvalue weighted by Gasteiger charge is -2.37. The van der Waals surface area contributed by atoms with Gasteiger partial charge in [0.2, 0.25) is 5.89 Å². The summed E-state index contributed by atoms with van der Waals surface area (Å²) >= 11 is 0. The van der Waals surface area contributed by atoms with Gasteiger partial charge in [0.15, 0.2) is 15.4 Å². The molecule has 5 nitrogen and oxygen atoms in total. The van der Waals surface area contributed by atoms with Crippen LogP contribution in [0.5, 0.6) is 0 Å². The molecule has 1 aromatic carbocycles. The minimum absolute atomic E-state index is 0.149. The van der Waals surface area contributed by atoms with E-state index in [1.165, 1.54) is 6.26 Å². The lowest BCUT2D eigenvalue weighted by atomic mass is 9.69. The highest BCUT2D eigenvalue weighted by atomic mass is 32.2. The van der Waals surface area contributed by atoms with Crippen LogP contribution in [0.1, 0.15) is 25.2 Å². The van der Waals surface area contributed by atoms with E-state index in [-0.39, 0.29) is 10.3 Å². The highest BCUT2D eigenvalue weighted by Crippen LogP contribution is 2.43. The Balaban J connectivity index is 2.11. The number of sulfone groups is 1. The molecule has 0 atom stereocenters. The molecule has 6 heteroatoms. The Morgan fingerprint density at radius 1 is 1.42 bits per heavy atom. The van der Waals surface area contributed by atoms with Crippen LogP contribution >= 0.6 is 0 Å². The van der Waals surface area contributed by atoms with E-state index in [0.29, 0.717) is 23.5 Å². The predicted octanol–water partition coefficient (Wildman–Crippen LogP) is 1.61. The molecular formula is C13H16N2O3S. The molecule has 0 unspecified atom stereocenters. The Morgan fingerprint density at radius 2 is 2.16 bits per heavy atom. The Bertz CT molecular complexity index is 724. The molecule has 19 heavy (non-hydrogen) atoms. The van der Waals surface area contributed by atoms with E-state index in [2.05, 4.69) is 4.98 Å². The Morgan fingerprint density at radius 3 is 2.68 bits per heavy atom. The second-order valence-corrected chi connectivity index (χ2v) is 7.27. The van der Waals surface area contributed by atoms with Crippen LogP contribution in [0.4, 0.5) is 0 Å². The average molecular weight is 280 g/mol. The fraction of sp³-hybridized carbons (Fsp3) is 0.462. The largest absolute Gasteiger partial charge is 0.440 e. The van der Waals surface area contributed by atoms with E-state index in [0.717, 1.165) is 19.3 Å². The topological polar surface area (TPSA) is 86.2 Å². The van der Waals surface area contributed by atoms with Crippen LogP contribution in [0.25, 0.3) is 11.1 Å². The molecule has 1 heterocycles. The number of aromatic nitrogens is 1. The molecule has 1 aromatic heterocycles. The van der Waals surface area contributed by atoms with E-state index >= 15 is 0 Å². The van der Waals surface area contributed by atoms with Crippen LogP contribution in [0.2, 0.25) is 0 Å². The van der Waals surface area contributed by atoms with Gasteiger partial charge < -0.3 is 10.2 Å². The summed E-state index contributed by atoms with van der Waals surface area (Å²) in [6.45, 7) is 0.513. The van der Waals surface area contributed by atoms with Crippen LogP contribution in [-0.4, -0.2) is 26.2 Å². The number of fused-ring (bicyclic) bond motifs is 1. The SMILES string of the molecule is CS(=O)(=O)c1ccc2oc(C3(CN)CCC3)nc2c1. The molecule has 0 radical (unpaired) electrons. The van der Waals surface area contributed by atoms with Crippen molar-refractivity contribution in [3.8, 4) is 0 Å². The summed E-state index contributed by atoms with van der Waals surface area (Å²) in [4.78, 5) is 4.70.